The Morgan fingerprint density at radius 1 is 1.25 bits per heavy atom. The summed E-state index contributed by atoms with van der Waals surface area (Å²) >= 11 is 2.93. The SMILES string of the molecule is CC(C)C(=O)N/N=C(/CCCCNC(=O)c1nc(-c2nccs2)sc1C1CC1)C(F)(F)F. The predicted molar refractivity (Wildman–Crippen MR) is 118 cm³/mol. The van der Waals surface area contributed by atoms with Gasteiger partial charge in [-0.25, -0.2) is 15.4 Å². The van der Waals surface area contributed by atoms with E-state index in [-0.39, 0.29) is 25.3 Å². The number of hydrazone groups is 1. The summed E-state index contributed by atoms with van der Waals surface area (Å²) in [6.07, 6.45) is -0.756. The van der Waals surface area contributed by atoms with Crippen LogP contribution in [0.4, 0.5) is 13.2 Å². The summed E-state index contributed by atoms with van der Waals surface area (Å²) in [7, 11) is 0. The Labute approximate surface area is 191 Å². The van der Waals surface area contributed by atoms with Crippen molar-refractivity contribution in [3.63, 3.8) is 0 Å². The number of hydrogen-bond acceptors (Lipinski definition) is 7. The van der Waals surface area contributed by atoms with E-state index in [2.05, 4.69) is 20.4 Å². The lowest BCUT2D eigenvalue weighted by atomic mass is 10.1. The number of carbonyl (C=O) groups excluding carboxylic acids is 2. The summed E-state index contributed by atoms with van der Waals surface area (Å²) in [4.78, 5) is 33.8. The van der Waals surface area contributed by atoms with Gasteiger partial charge in [0.25, 0.3) is 5.91 Å². The molecule has 3 rings (SSSR count). The molecule has 2 aromatic heterocycles. The van der Waals surface area contributed by atoms with Crippen LogP contribution in [0.1, 0.15) is 67.2 Å². The zero-order chi connectivity index (χ0) is 23.3. The lowest BCUT2D eigenvalue weighted by Gasteiger charge is -2.11. The number of nitrogens with zero attached hydrogens (tertiary/aromatic N) is 3. The van der Waals surface area contributed by atoms with Crippen molar-refractivity contribution in [2.75, 3.05) is 6.54 Å². The van der Waals surface area contributed by atoms with Gasteiger partial charge in [0.05, 0.1) is 0 Å². The molecule has 1 fully saturated rings. The number of thiazole rings is 2. The van der Waals surface area contributed by atoms with Gasteiger partial charge in [-0.1, -0.05) is 13.8 Å². The summed E-state index contributed by atoms with van der Waals surface area (Å²) in [5.74, 6) is -1.02. The average molecular weight is 488 g/mol. The first-order valence-electron chi connectivity index (χ1n) is 10.3. The van der Waals surface area contributed by atoms with Crippen molar-refractivity contribution in [2.45, 2.75) is 58.0 Å². The monoisotopic (exact) mass is 487 g/mol. The van der Waals surface area contributed by atoms with E-state index in [9.17, 15) is 22.8 Å². The highest BCUT2D eigenvalue weighted by Crippen LogP contribution is 2.46. The summed E-state index contributed by atoms with van der Waals surface area (Å²) in [6, 6.07) is 0. The minimum absolute atomic E-state index is 0.160. The highest BCUT2D eigenvalue weighted by Gasteiger charge is 2.35. The Kier molecular flexibility index (Phi) is 7.99. The molecule has 0 unspecified atom stereocenters. The number of nitrogens with one attached hydrogen (secondary N) is 2. The molecule has 0 atom stereocenters. The first-order valence-corrected chi connectivity index (χ1v) is 12.0. The van der Waals surface area contributed by atoms with Crippen LogP contribution >= 0.6 is 22.7 Å². The van der Waals surface area contributed by atoms with Crippen molar-refractivity contribution >= 4 is 40.2 Å². The lowest BCUT2D eigenvalue weighted by Crippen LogP contribution is -2.30. The van der Waals surface area contributed by atoms with Gasteiger partial charge in [-0.15, -0.1) is 22.7 Å². The largest absolute Gasteiger partial charge is 0.431 e. The van der Waals surface area contributed by atoms with E-state index in [4.69, 9.17) is 0 Å². The van der Waals surface area contributed by atoms with Gasteiger partial charge in [0.2, 0.25) is 5.91 Å². The average Bonchev–Trinajstić information content (AvgIpc) is 3.24. The maximum absolute atomic E-state index is 13.1. The van der Waals surface area contributed by atoms with Crippen LogP contribution in [0.15, 0.2) is 16.7 Å². The van der Waals surface area contributed by atoms with Crippen LogP contribution in [0, 0.1) is 5.92 Å². The third kappa shape index (κ3) is 6.58. The van der Waals surface area contributed by atoms with E-state index in [1.165, 1.54) is 22.7 Å². The molecule has 0 spiro atoms. The second-order valence-electron chi connectivity index (χ2n) is 7.74. The molecule has 1 aliphatic carbocycles. The van der Waals surface area contributed by atoms with E-state index in [0.717, 1.165) is 22.7 Å². The number of aromatic nitrogens is 2. The predicted octanol–water partition coefficient (Wildman–Crippen LogP) is 4.73. The van der Waals surface area contributed by atoms with Crippen molar-refractivity contribution in [1.82, 2.24) is 20.7 Å². The standard InChI is InChI=1S/C20H24F3N5O2S2/c1-11(2)16(29)28-27-13(20(21,22)23)5-3-4-8-24-17(30)14-15(12-6-7-12)32-19(26-14)18-25-9-10-31-18/h9-12H,3-8H2,1-2H3,(H,24,30)(H,28,29)/b27-13-. The molecule has 2 N–H and O–H groups in total. The Balaban J connectivity index is 1.51. The maximum atomic E-state index is 13.1. The van der Waals surface area contributed by atoms with Crippen LogP contribution in [0.3, 0.4) is 0 Å². The molecule has 12 heteroatoms. The summed E-state index contributed by atoms with van der Waals surface area (Å²) in [6.45, 7) is 3.35. The quantitative estimate of drug-likeness (QED) is 0.288. The molecule has 0 saturated heterocycles. The zero-order valence-electron chi connectivity index (χ0n) is 17.7. The summed E-state index contributed by atoms with van der Waals surface area (Å²) < 4.78 is 39.3. The van der Waals surface area contributed by atoms with Gasteiger partial charge < -0.3 is 5.32 Å². The molecule has 1 saturated carbocycles. The third-order valence-corrected chi connectivity index (χ3v) is 6.84. The normalized spacial score (nSPS) is 14.6. The molecule has 0 radical (unpaired) electrons. The van der Waals surface area contributed by atoms with Crippen LogP contribution < -0.4 is 10.7 Å². The second kappa shape index (κ2) is 10.5. The zero-order valence-corrected chi connectivity index (χ0v) is 19.3. The van der Waals surface area contributed by atoms with E-state index in [1.807, 2.05) is 10.8 Å². The maximum Gasteiger partial charge on any atom is 0.431 e. The van der Waals surface area contributed by atoms with Gasteiger partial charge in [0.1, 0.15) is 11.4 Å². The van der Waals surface area contributed by atoms with E-state index in [1.54, 1.807) is 20.0 Å². The fourth-order valence-electron chi connectivity index (χ4n) is 2.75. The number of halogens is 3. The molecular formula is C20H24F3N5O2S2. The molecule has 2 aromatic rings. The van der Waals surface area contributed by atoms with Gasteiger partial charge in [0, 0.05) is 28.9 Å². The van der Waals surface area contributed by atoms with E-state index in [0.29, 0.717) is 23.0 Å². The molecule has 2 heterocycles. The lowest BCUT2D eigenvalue weighted by molar-refractivity contribution is -0.124. The number of amides is 2. The fourth-order valence-corrected chi connectivity index (χ4v) is 4.66. The van der Waals surface area contributed by atoms with Crippen molar-refractivity contribution in [3.05, 3.63) is 22.1 Å². The van der Waals surface area contributed by atoms with Crippen molar-refractivity contribution in [3.8, 4) is 10.0 Å². The van der Waals surface area contributed by atoms with Gasteiger partial charge in [-0.05, 0) is 38.0 Å². The Morgan fingerprint density at radius 3 is 2.59 bits per heavy atom. The number of rotatable bonds is 10. The number of carbonyl (C=O) groups is 2. The van der Waals surface area contributed by atoms with Gasteiger partial charge in [-0.2, -0.15) is 18.3 Å². The first kappa shape index (κ1) is 24.3. The number of alkyl halides is 3. The van der Waals surface area contributed by atoms with E-state index < -0.39 is 23.7 Å². The minimum Gasteiger partial charge on any atom is -0.351 e. The number of hydrogen-bond donors (Lipinski definition) is 2. The summed E-state index contributed by atoms with van der Waals surface area (Å²) in [5, 5.41) is 9.33. The van der Waals surface area contributed by atoms with E-state index >= 15 is 0 Å². The highest BCUT2D eigenvalue weighted by atomic mass is 32.1. The Morgan fingerprint density at radius 2 is 2.00 bits per heavy atom. The Bertz CT molecular complexity index is 967. The highest BCUT2D eigenvalue weighted by molar-refractivity contribution is 7.20. The van der Waals surface area contributed by atoms with Crippen LogP contribution in [0.25, 0.3) is 10.0 Å². The van der Waals surface area contributed by atoms with Gasteiger partial charge in [-0.3, -0.25) is 9.59 Å². The van der Waals surface area contributed by atoms with Gasteiger partial charge >= 0.3 is 6.18 Å². The van der Waals surface area contributed by atoms with Crippen molar-refractivity contribution in [2.24, 2.45) is 11.0 Å². The van der Waals surface area contributed by atoms with Gasteiger partial charge in [0.15, 0.2) is 10.0 Å². The third-order valence-electron chi connectivity index (χ3n) is 4.71. The van der Waals surface area contributed by atoms with Crippen molar-refractivity contribution in [1.29, 1.82) is 0 Å². The Hall–Kier alpha value is -2.34. The molecule has 0 aromatic carbocycles. The van der Waals surface area contributed by atoms with Crippen LogP contribution in [0.2, 0.25) is 0 Å². The summed E-state index contributed by atoms with van der Waals surface area (Å²) in [5.41, 5.74) is 1.30. The van der Waals surface area contributed by atoms with Crippen molar-refractivity contribution < 1.29 is 22.8 Å². The molecule has 0 bridgehead atoms. The van der Waals surface area contributed by atoms with Crippen LogP contribution in [-0.2, 0) is 4.79 Å². The first-order chi connectivity index (χ1) is 15.2. The molecular weight excluding hydrogens is 463 g/mol. The molecule has 2 amide bonds. The molecule has 1 aliphatic rings. The fraction of sp³-hybridized carbons (Fsp3) is 0.550. The molecule has 7 nitrogen and oxygen atoms in total. The molecule has 174 valence electrons. The van der Waals surface area contributed by atoms with Crippen LogP contribution in [0.5, 0.6) is 0 Å². The smallest absolute Gasteiger partial charge is 0.351 e. The second-order valence-corrected chi connectivity index (χ2v) is 9.67. The molecule has 32 heavy (non-hydrogen) atoms. The minimum atomic E-state index is -4.63. The van der Waals surface area contributed by atoms with Crippen LogP contribution in [-0.4, -0.2) is 40.2 Å². The topological polar surface area (TPSA) is 96.3 Å². The number of unbranched alkanes of at least 4 members (excludes halogenated alkanes) is 1. The molecule has 0 aliphatic heterocycles.